The van der Waals surface area contributed by atoms with Crippen molar-refractivity contribution in [2.75, 3.05) is 20.6 Å². The zero-order valence-electron chi connectivity index (χ0n) is 14.9. The second-order valence-corrected chi connectivity index (χ2v) is 7.34. The van der Waals surface area contributed by atoms with E-state index in [4.69, 9.17) is 0 Å². The fourth-order valence-electron chi connectivity index (χ4n) is 4.19. The van der Waals surface area contributed by atoms with Crippen molar-refractivity contribution in [1.82, 2.24) is 4.90 Å². The Bertz CT molecular complexity index is 652. The third-order valence-corrected chi connectivity index (χ3v) is 5.36. The SMILES string of the molecule is CN(C)CCC[C@]1(O)c2ccccc2CCC[C@@H]1c1ccccc1. The van der Waals surface area contributed by atoms with E-state index in [1.54, 1.807) is 0 Å². The van der Waals surface area contributed by atoms with Crippen LogP contribution in [0.2, 0.25) is 0 Å². The van der Waals surface area contributed by atoms with E-state index >= 15 is 0 Å². The monoisotopic (exact) mass is 323 g/mol. The van der Waals surface area contributed by atoms with Crippen LogP contribution in [0, 0.1) is 0 Å². The summed E-state index contributed by atoms with van der Waals surface area (Å²) < 4.78 is 0. The van der Waals surface area contributed by atoms with Gasteiger partial charge in [0.15, 0.2) is 0 Å². The van der Waals surface area contributed by atoms with E-state index in [-0.39, 0.29) is 5.92 Å². The molecule has 0 fully saturated rings. The molecule has 2 aromatic carbocycles. The van der Waals surface area contributed by atoms with Crippen LogP contribution >= 0.6 is 0 Å². The summed E-state index contributed by atoms with van der Waals surface area (Å²) in [5.74, 6) is 0.171. The highest BCUT2D eigenvalue weighted by Crippen LogP contribution is 2.47. The first-order chi connectivity index (χ1) is 11.6. The van der Waals surface area contributed by atoms with E-state index in [2.05, 4.69) is 73.6 Å². The Morgan fingerprint density at radius 3 is 2.50 bits per heavy atom. The molecule has 0 saturated carbocycles. The van der Waals surface area contributed by atoms with Crippen molar-refractivity contribution in [1.29, 1.82) is 0 Å². The van der Waals surface area contributed by atoms with E-state index in [0.29, 0.717) is 0 Å². The number of aryl methyl sites for hydroxylation is 1. The van der Waals surface area contributed by atoms with E-state index in [1.165, 1.54) is 11.1 Å². The van der Waals surface area contributed by atoms with Gasteiger partial charge in [-0.05, 0) is 69.4 Å². The summed E-state index contributed by atoms with van der Waals surface area (Å²) in [6.07, 6.45) is 5.04. The summed E-state index contributed by atoms with van der Waals surface area (Å²) in [5.41, 5.74) is 2.96. The molecule has 2 atom stereocenters. The number of nitrogens with zero attached hydrogens (tertiary/aromatic N) is 1. The van der Waals surface area contributed by atoms with Gasteiger partial charge in [0.05, 0.1) is 5.60 Å². The topological polar surface area (TPSA) is 23.5 Å². The lowest BCUT2D eigenvalue weighted by Gasteiger charge is -2.37. The molecule has 2 heteroatoms. The molecule has 0 heterocycles. The molecular weight excluding hydrogens is 294 g/mol. The fourth-order valence-corrected chi connectivity index (χ4v) is 4.19. The van der Waals surface area contributed by atoms with Gasteiger partial charge >= 0.3 is 0 Å². The number of rotatable bonds is 5. The van der Waals surface area contributed by atoms with Crippen molar-refractivity contribution < 1.29 is 5.11 Å². The van der Waals surface area contributed by atoms with Crippen LogP contribution in [0.15, 0.2) is 54.6 Å². The molecular formula is C22H29NO. The van der Waals surface area contributed by atoms with Crippen LogP contribution in [-0.2, 0) is 12.0 Å². The minimum atomic E-state index is -0.773. The van der Waals surface area contributed by atoms with Gasteiger partial charge in [-0.15, -0.1) is 0 Å². The van der Waals surface area contributed by atoms with Gasteiger partial charge in [0, 0.05) is 5.92 Å². The molecule has 0 bridgehead atoms. The molecule has 0 saturated heterocycles. The second kappa shape index (κ2) is 7.50. The highest BCUT2D eigenvalue weighted by atomic mass is 16.3. The van der Waals surface area contributed by atoms with Crippen LogP contribution in [-0.4, -0.2) is 30.6 Å². The summed E-state index contributed by atoms with van der Waals surface area (Å²) in [7, 11) is 4.19. The molecule has 0 spiro atoms. The van der Waals surface area contributed by atoms with Crippen LogP contribution in [0.25, 0.3) is 0 Å². The molecule has 24 heavy (non-hydrogen) atoms. The standard InChI is InChI=1S/C22H29NO/c1-23(2)17-9-16-22(24)20-14-7-6-12-19(20)13-8-15-21(22)18-10-4-3-5-11-18/h3-7,10-12,14,21,24H,8-9,13,15-17H2,1-2H3/t21-,22+/m1/s1. The molecule has 2 aromatic rings. The Morgan fingerprint density at radius 1 is 1.04 bits per heavy atom. The molecule has 3 rings (SSSR count). The number of hydrogen-bond donors (Lipinski definition) is 1. The predicted octanol–water partition coefficient (Wildman–Crippen LogP) is 4.34. The van der Waals surface area contributed by atoms with Crippen LogP contribution < -0.4 is 0 Å². The number of hydrogen-bond acceptors (Lipinski definition) is 2. The van der Waals surface area contributed by atoms with Crippen molar-refractivity contribution in [3.63, 3.8) is 0 Å². The molecule has 0 amide bonds. The van der Waals surface area contributed by atoms with Crippen LogP contribution in [0.4, 0.5) is 0 Å². The zero-order valence-corrected chi connectivity index (χ0v) is 14.9. The van der Waals surface area contributed by atoms with E-state index in [1.807, 2.05) is 0 Å². The molecule has 0 radical (unpaired) electrons. The molecule has 0 unspecified atom stereocenters. The molecule has 1 aliphatic carbocycles. The van der Waals surface area contributed by atoms with Crippen LogP contribution in [0.3, 0.4) is 0 Å². The number of fused-ring (bicyclic) bond motifs is 1. The van der Waals surface area contributed by atoms with Crippen molar-refractivity contribution in [3.05, 3.63) is 71.3 Å². The maximum Gasteiger partial charge on any atom is 0.0967 e. The van der Waals surface area contributed by atoms with Gasteiger partial charge in [-0.2, -0.15) is 0 Å². The lowest BCUT2D eigenvalue weighted by molar-refractivity contribution is -0.00604. The average molecular weight is 323 g/mol. The smallest absolute Gasteiger partial charge is 0.0967 e. The van der Waals surface area contributed by atoms with E-state index in [9.17, 15) is 5.11 Å². The largest absolute Gasteiger partial charge is 0.385 e. The van der Waals surface area contributed by atoms with Crippen LogP contribution in [0.1, 0.15) is 48.3 Å². The second-order valence-electron chi connectivity index (χ2n) is 7.34. The van der Waals surface area contributed by atoms with E-state index in [0.717, 1.165) is 44.2 Å². The Hall–Kier alpha value is -1.64. The maximum absolute atomic E-state index is 11.9. The first-order valence-electron chi connectivity index (χ1n) is 9.12. The highest BCUT2D eigenvalue weighted by molar-refractivity contribution is 5.38. The molecule has 128 valence electrons. The Labute approximate surface area is 146 Å². The van der Waals surface area contributed by atoms with Gasteiger partial charge in [-0.25, -0.2) is 0 Å². The zero-order chi connectivity index (χ0) is 17.0. The quantitative estimate of drug-likeness (QED) is 0.828. The Balaban J connectivity index is 2.00. The minimum Gasteiger partial charge on any atom is -0.385 e. The third kappa shape index (κ3) is 3.55. The molecule has 1 N–H and O–H groups in total. The minimum absolute atomic E-state index is 0.171. The lowest BCUT2D eigenvalue weighted by Crippen LogP contribution is -2.34. The van der Waals surface area contributed by atoms with Gasteiger partial charge < -0.3 is 10.0 Å². The van der Waals surface area contributed by atoms with Crippen molar-refractivity contribution in [3.8, 4) is 0 Å². The van der Waals surface area contributed by atoms with E-state index < -0.39 is 5.60 Å². The first-order valence-corrected chi connectivity index (χ1v) is 9.12. The number of aliphatic hydroxyl groups is 1. The molecule has 0 aliphatic heterocycles. The Kier molecular flexibility index (Phi) is 5.37. The molecule has 1 aliphatic rings. The van der Waals surface area contributed by atoms with Gasteiger partial charge in [-0.1, -0.05) is 54.6 Å². The average Bonchev–Trinajstić information content (AvgIpc) is 2.73. The lowest BCUT2D eigenvalue weighted by atomic mass is 9.73. The summed E-state index contributed by atoms with van der Waals surface area (Å²) in [6, 6.07) is 19.1. The Morgan fingerprint density at radius 2 is 1.75 bits per heavy atom. The normalized spacial score (nSPS) is 23.8. The molecule has 2 nitrogen and oxygen atoms in total. The summed E-state index contributed by atoms with van der Waals surface area (Å²) >= 11 is 0. The predicted molar refractivity (Wildman–Crippen MR) is 100 cm³/mol. The fraction of sp³-hybridized carbons (Fsp3) is 0.455. The number of benzene rings is 2. The third-order valence-electron chi connectivity index (χ3n) is 5.36. The first kappa shape index (κ1) is 17.2. The van der Waals surface area contributed by atoms with Crippen LogP contribution in [0.5, 0.6) is 0 Å². The van der Waals surface area contributed by atoms with Gasteiger partial charge in [0.25, 0.3) is 0 Å². The summed E-state index contributed by atoms with van der Waals surface area (Å²) in [5, 5.41) is 11.9. The maximum atomic E-state index is 11.9. The van der Waals surface area contributed by atoms with Crippen molar-refractivity contribution >= 4 is 0 Å². The van der Waals surface area contributed by atoms with Gasteiger partial charge in [-0.3, -0.25) is 0 Å². The van der Waals surface area contributed by atoms with Crippen molar-refractivity contribution in [2.45, 2.75) is 43.6 Å². The van der Waals surface area contributed by atoms with Gasteiger partial charge in [0.1, 0.15) is 0 Å². The summed E-state index contributed by atoms with van der Waals surface area (Å²) in [4.78, 5) is 2.20. The van der Waals surface area contributed by atoms with Crippen molar-refractivity contribution in [2.24, 2.45) is 0 Å². The molecule has 0 aromatic heterocycles. The van der Waals surface area contributed by atoms with Gasteiger partial charge in [0.2, 0.25) is 0 Å². The summed E-state index contributed by atoms with van der Waals surface area (Å²) in [6.45, 7) is 1.01. The highest BCUT2D eigenvalue weighted by Gasteiger charge is 2.41.